The molecule has 1 rings (SSSR count). The third-order valence-electron chi connectivity index (χ3n) is 2.25. The molecule has 0 aromatic rings. The molecule has 54 valence electrons. The fourth-order valence-corrected chi connectivity index (χ4v) is 1.09. The van der Waals surface area contributed by atoms with Gasteiger partial charge in [-0.3, -0.25) is 5.26 Å². The molecular formula is C7H14O2. The van der Waals surface area contributed by atoms with Crippen LogP contribution < -0.4 is 0 Å². The fourth-order valence-electron chi connectivity index (χ4n) is 1.09. The first-order valence-electron chi connectivity index (χ1n) is 3.34. The quantitative estimate of drug-likeness (QED) is 0.435. The maximum absolute atomic E-state index is 8.49. The minimum Gasteiger partial charge on any atom is -0.251 e. The van der Waals surface area contributed by atoms with Crippen molar-refractivity contribution in [3.8, 4) is 0 Å². The Balaban J connectivity index is 2.60. The van der Waals surface area contributed by atoms with E-state index in [1.807, 2.05) is 0 Å². The monoisotopic (exact) mass is 130 g/mol. The van der Waals surface area contributed by atoms with E-state index in [9.17, 15) is 0 Å². The van der Waals surface area contributed by atoms with E-state index in [1.165, 1.54) is 0 Å². The molecule has 0 radical (unpaired) electrons. The van der Waals surface area contributed by atoms with E-state index in [0.29, 0.717) is 0 Å². The van der Waals surface area contributed by atoms with E-state index in [1.54, 1.807) is 0 Å². The molecule has 0 heterocycles. The number of rotatable bonds is 1. The third kappa shape index (κ3) is 0.970. The molecule has 1 aliphatic rings. The van der Waals surface area contributed by atoms with Crippen LogP contribution in [0.4, 0.5) is 0 Å². The highest BCUT2D eigenvalue weighted by Gasteiger charge is 2.54. The number of hydrogen-bond acceptors (Lipinski definition) is 2. The van der Waals surface area contributed by atoms with Crippen molar-refractivity contribution >= 4 is 0 Å². The van der Waals surface area contributed by atoms with Crippen molar-refractivity contribution < 1.29 is 10.1 Å². The molecule has 2 heteroatoms. The van der Waals surface area contributed by atoms with Crippen LogP contribution in [0.1, 0.15) is 33.6 Å². The molecule has 0 spiro atoms. The summed E-state index contributed by atoms with van der Waals surface area (Å²) in [5.41, 5.74) is -0.130. The number of hydrogen-bond donors (Lipinski definition) is 1. The van der Waals surface area contributed by atoms with Crippen LogP contribution in [-0.2, 0) is 4.89 Å². The molecule has 1 aliphatic carbocycles. The molecule has 2 nitrogen and oxygen atoms in total. The van der Waals surface area contributed by atoms with Gasteiger partial charge in [0.2, 0.25) is 0 Å². The summed E-state index contributed by atoms with van der Waals surface area (Å²) in [4.78, 5) is 4.41. The van der Waals surface area contributed by atoms with Crippen molar-refractivity contribution in [2.45, 2.75) is 39.2 Å². The lowest BCUT2D eigenvalue weighted by Crippen LogP contribution is -2.30. The highest BCUT2D eigenvalue weighted by atomic mass is 17.1. The predicted molar refractivity (Wildman–Crippen MR) is 35.1 cm³/mol. The molecule has 0 atom stereocenters. The highest BCUT2D eigenvalue weighted by Crippen LogP contribution is 2.52. The molecule has 9 heavy (non-hydrogen) atoms. The molecule has 0 unspecified atom stereocenters. The lowest BCUT2D eigenvalue weighted by Gasteiger charge is -2.26. The Morgan fingerprint density at radius 1 is 1.33 bits per heavy atom. The second kappa shape index (κ2) is 1.70. The van der Waals surface area contributed by atoms with Crippen LogP contribution in [0.2, 0.25) is 0 Å². The summed E-state index contributed by atoms with van der Waals surface area (Å²) in [6.45, 7) is 6.24. The summed E-state index contributed by atoms with van der Waals surface area (Å²) in [5, 5.41) is 8.49. The van der Waals surface area contributed by atoms with Crippen molar-refractivity contribution in [1.29, 1.82) is 0 Å². The summed E-state index contributed by atoms with van der Waals surface area (Å²) in [7, 11) is 0. The van der Waals surface area contributed by atoms with Crippen LogP contribution in [0.3, 0.4) is 0 Å². The highest BCUT2D eigenvalue weighted by molar-refractivity contribution is 5.03. The van der Waals surface area contributed by atoms with Crippen molar-refractivity contribution in [3.05, 3.63) is 0 Å². The average Bonchev–Trinajstić information content (AvgIpc) is 2.40. The zero-order chi connectivity index (χ0) is 7.12. The zero-order valence-electron chi connectivity index (χ0n) is 6.27. The van der Waals surface area contributed by atoms with Gasteiger partial charge in [-0.2, -0.15) is 0 Å². The van der Waals surface area contributed by atoms with Crippen LogP contribution in [0.25, 0.3) is 0 Å². The lowest BCUT2D eigenvalue weighted by molar-refractivity contribution is -0.313. The Morgan fingerprint density at radius 2 is 1.78 bits per heavy atom. The Bertz CT molecular complexity index is 109. The maximum Gasteiger partial charge on any atom is 0.108 e. The predicted octanol–water partition coefficient (Wildman–Crippen LogP) is 2.05. The van der Waals surface area contributed by atoms with Crippen LogP contribution >= 0.6 is 0 Å². The minimum absolute atomic E-state index is 0.0851. The summed E-state index contributed by atoms with van der Waals surface area (Å²) >= 11 is 0. The average molecular weight is 130 g/mol. The summed E-state index contributed by atoms with van der Waals surface area (Å²) in [6.07, 6.45) is 1.99. The van der Waals surface area contributed by atoms with Gasteiger partial charge in [-0.05, 0) is 18.3 Å². The van der Waals surface area contributed by atoms with Gasteiger partial charge in [0.15, 0.2) is 0 Å². The van der Waals surface area contributed by atoms with E-state index in [2.05, 4.69) is 25.7 Å². The molecule has 0 aromatic carbocycles. The van der Waals surface area contributed by atoms with Gasteiger partial charge in [0.25, 0.3) is 0 Å². The van der Waals surface area contributed by atoms with E-state index in [-0.39, 0.29) is 11.0 Å². The van der Waals surface area contributed by atoms with E-state index in [4.69, 9.17) is 5.26 Å². The molecule has 0 aromatic heterocycles. The molecule has 1 fully saturated rings. The lowest BCUT2D eigenvalue weighted by atomic mass is 9.87. The molecule has 0 aliphatic heterocycles. The molecular weight excluding hydrogens is 116 g/mol. The first kappa shape index (κ1) is 7.03. The van der Waals surface area contributed by atoms with Crippen molar-refractivity contribution in [2.75, 3.05) is 0 Å². The Hall–Kier alpha value is -0.0800. The first-order chi connectivity index (χ1) is 4.02. The fraction of sp³-hybridized carbons (Fsp3) is 1.00. The van der Waals surface area contributed by atoms with E-state index >= 15 is 0 Å². The largest absolute Gasteiger partial charge is 0.251 e. The summed E-state index contributed by atoms with van der Waals surface area (Å²) < 4.78 is 0. The van der Waals surface area contributed by atoms with Crippen LogP contribution in [0.15, 0.2) is 0 Å². The van der Waals surface area contributed by atoms with Crippen LogP contribution in [-0.4, -0.2) is 10.9 Å². The Morgan fingerprint density at radius 3 is 1.78 bits per heavy atom. The summed E-state index contributed by atoms with van der Waals surface area (Å²) in [5.74, 6) is 0. The minimum atomic E-state index is -0.215. The SMILES string of the molecule is CC(C)(C)C1(OO)CC1. The van der Waals surface area contributed by atoms with Gasteiger partial charge in [-0.25, -0.2) is 4.89 Å². The van der Waals surface area contributed by atoms with Crippen molar-refractivity contribution in [2.24, 2.45) is 5.41 Å². The van der Waals surface area contributed by atoms with Crippen molar-refractivity contribution in [3.63, 3.8) is 0 Å². The normalized spacial score (nSPS) is 24.0. The second-order valence-corrected chi connectivity index (χ2v) is 3.84. The van der Waals surface area contributed by atoms with Crippen LogP contribution in [0.5, 0.6) is 0 Å². The zero-order valence-corrected chi connectivity index (χ0v) is 6.27. The molecule has 0 saturated heterocycles. The van der Waals surface area contributed by atoms with Gasteiger partial charge < -0.3 is 0 Å². The standard InChI is InChI=1S/C7H14O2/c1-6(2,3)7(9-8)4-5-7/h8H,4-5H2,1-3H3. The molecule has 0 amide bonds. The van der Waals surface area contributed by atoms with E-state index < -0.39 is 0 Å². The second-order valence-electron chi connectivity index (χ2n) is 3.84. The van der Waals surface area contributed by atoms with Gasteiger partial charge in [0.05, 0.1) is 0 Å². The van der Waals surface area contributed by atoms with Gasteiger partial charge in [0.1, 0.15) is 5.60 Å². The summed E-state index contributed by atoms with van der Waals surface area (Å²) in [6, 6.07) is 0. The van der Waals surface area contributed by atoms with Gasteiger partial charge in [-0.1, -0.05) is 20.8 Å². The third-order valence-corrected chi connectivity index (χ3v) is 2.25. The van der Waals surface area contributed by atoms with Gasteiger partial charge in [-0.15, -0.1) is 0 Å². The molecule has 1 N–H and O–H groups in total. The van der Waals surface area contributed by atoms with Crippen LogP contribution in [0, 0.1) is 5.41 Å². The first-order valence-corrected chi connectivity index (χ1v) is 3.34. The smallest absolute Gasteiger partial charge is 0.108 e. The Kier molecular flexibility index (Phi) is 1.33. The van der Waals surface area contributed by atoms with Gasteiger partial charge >= 0.3 is 0 Å². The maximum atomic E-state index is 8.49. The van der Waals surface area contributed by atoms with Gasteiger partial charge in [0, 0.05) is 0 Å². The topological polar surface area (TPSA) is 29.5 Å². The molecule has 1 saturated carbocycles. The van der Waals surface area contributed by atoms with Crippen molar-refractivity contribution in [1.82, 2.24) is 0 Å². The molecule has 0 bridgehead atoms. The van der Waals surface area contributed by atoms with E-state index in [0.717, 1.165) is 12.8 Å². The Labute approximate surface area is 55.8 Å².